The molecule has 1 heterocycles. The number of carbonyl (C=O) groups excluding carboxylic acids is 1. The van der Waals surface area contributed by atoms with Gasteiger partial charge in [-0.3, -0.25) is 0 Å². The second kappa shape index (κ2) is 6.21. The molecule has 0 aliphatic rings. The number of carboxylic acids is 1. The lowest BCUT2D eigenvalue weighted by atomic mass is 10.4. The standard InChI is InChI=1S/C10H15NO4/c1-14-6-4-11(8-10(12)13)7-9-3-2-5-15-9/h2-3,5H,4,6-8H2,1H3,(H,12,13). The van der Waals surface area contributed by atoms with Crippen molar-refractivity contribution in [2.24, 2.45) is 0 Å². The molecule has 1 aromatic heterocycles. The molecule has 1 atom stereocenters. The van der Waals surface area contributed by atoms with Gasteiger partial charge in [0.25, 0.3) is 0 Å². The summed E-state index contributed by atoms with van der Waals surface area (Å²) in [7, 11) is 1.59. The number of carboxylic acid groups (broad SMARTS) is 1. The predicted molar refractivity (Wildman–Crippen MR) is 50.0 cm³/mol. The molecule has 0 fully saturated rings. The van der Waals surface area contributed by atoms with E-state index in [1.807, 2.05) is 6.07 Å². The van der Waals surface area contributed by atoms with Crippen LogP contribution in [0.3, 0.4) is 0 Å². The topological polar surface area (TPSA) is 66.9 Å². The summed E-state index contributed by atoms with van der Waals surface area (Å²) in [6.45, 7) is 1.63. The SMILES string of the molecule is COCC[NH+](CC(=O)[O-])Cc1ccco1. The van der Waals surface area contributed by atoms with Gasteiger partial charge < -0.3 is 24.0 Å². The number of nitrogens with one attached hydrogen (secondary N) is 1. The Morgan fingerprint density at radius 2 is 2.47 bits per heavy atom. The molecule has 15 heavy (non-hydrogen) atoms. The van der Waals surface area contributed by atoms with Gasteiger partial charge in [0.2, 0.25) is 0 Å². The molecule has 0 aromatic carbocycles. The van der Waals surface area contributed by atoms with E-state index >= 15 is 0 Å². The third-order valence-corrected chi connectivity index (χ3v) is 2.06. The molecule has 5 heteroatoms. The van der Waals surface area contributed by atoms with Crippen molar-refractivity contribution in [3.8, 4) is 0 Å². The lowest BCUT2D eigenvalue weighted by Gasteiger charge is -2.18. The highest BCUT2D eigenvalue weighted by molar-refractivity contribution is 5.65. The highest BCUT2D eigenvalue weighted by atomic mass is 16.5. The number of methoxy groups -OCH3 is 1. The maximum Gasteiger partial charge on any atom is 0.157 e. The van der Waals surface area contributed by atoms with Gasteiger partial charge in [0.1, 0.15) is 19.6 Å². The number of aliphatic carboxylic acids is 1. The molecular formula is C10H15NO4. The molecule has 84 valence electrons. The van der Waals surface area contributed by atoms with Crippen LogP contribution in [0.15, 0.2) is 22.8 Å². The molecule has 0 aliphatic heterocycles. The number of rotatable bonds is 7. The quantitative estimate of drug-likeness (QED) is 0.572. The van der Waals surface area contributed by atoms with Crippen LogP contribution in [0.4, 0.5) is 0 Å². The van der Waals surface area contributed by atoms with E-state index in [2.05, 4.69) is 0 Å². The summed E-state index contributed by atoms with van der Waals surface area (Å²) in [6.07, 6.45) is 1.57. The molecule has 1 rings (SSSR count). The minimum absolute atomic E-state index is 0.0376. The third kappa shape index (κ3) is 4.62. The molecule has 0 amide bonds. The largest absolute Gasteiger partial charge is 0.544 e. The average Bonchev–Trinajstić information content (AvgIpc) is 2.66. The maximum atomic E-state index is 10.5. The van der Waals surface area contributed by atoms with Crippen LogP contribution in [0, 0.1) is 0 Å². The smallest absolute Gasteiger partial charge is 0.157 e. The Hall–Kier alpha value is -1.33. The van der Waals surface area contributed by atoms with E-state index in [0.29, 0.717) is 19.7 Å². The lowest BCUT2D eigenvalue weighted by Crippen LogP contribution is -3.12. The Morgan fingerprint density at radius 1 is 1.67 bits per heavy atom. The first-order chi connectivity index (χ1) is 7.22. The molecule has 0 spiro atoms. The molecule has 0 radical (unpaired) electrons. The number of hydrogen-bond donors (Lipinski definition) is 1. The predicted octanol–water partition coefficient (Wildman–Crippen LogP) is -1.94. The summed E-state index contributed by atoms with van der Waals surface area (Å²) in [4.78, 5) is 11.4. The monoisotopic (exact) mass is 213 g/mol. The summed E-state index contributed by atoms with van der Waals surface area (Å²) in [5.41, 5.74) is 0. The Balaban J connectivity index is 2.44. The number of furan rings is 1. The van der Waals surface area contributed by atoms with E-state index in [1.54, 1.807) is 19.4 Å². The van der Waals surface area contributed by atoms with E-state index in [1.165, 1.54) is 0 Å². The highest BCUT2D eigenvalue weighted by Crippen LogP contribution is 1.96. The van der Waals surface area contributed by atoms with Gasteiger partial charge in [-0.15, -0.1) is 0 Å². The van der Waals surface area contributed by atoms with Crippen LogP contribution >= 0.6 is 0 Å². The lowest BCUT2D eigenvalue weighted by molar-refractivity contribution is -0.909. The van der Waals surface area contributed by atoms with Gasteiger partial charge in [0.15, 0.2) is 5.76 Å². The zero-order valence-electron chi connectivity index (χ0n) is 8.69. The fourth-order valence-corrected chi connectivity index (χ4v) is 1.35. The van der Waals surface area contributed by atoms with E-state index in [-0.39, 0.29) is 6.54 Å². The van der Waals surface area contributed by atoms with Crippen LogP contribution < -0.4 is 10.0 Å². The van der Waals surface area contributed by atoms with Crippen LogP contribution in [-0.2, 0) is 16.1 Å². The van der Waals surface area contributed by atoms with Gasteiger partial charge in [-0.1, -0.05) is 0 Å². The van der Waals surface area contributed by atoms with Gasteiger partial charge in [-0.2, -0.15) is 0 Å². The van der Waals surface area contributed by atoms with Crippen LogP contribution in [0.2, 0.25) is 0 Å². The Kier molecular flexibility index (Phi) is 4.86. The fourth-order valence-electron chi connectivity index (χ4n) is 1.35. The molecule has 0 saturated heterocycles. The fraction of sp³-hybridized carbons (Fsp3) is 0.500. The first kappa shape index (κ1) is 11.7. The first-order valence-electron chi connectivity index (χ1n) is 4.77. The normalized spacial score (nSPS) is 12.6. The van der Waals surface area contributed by atoms with Crippen molar-refractivity contribution >= 4 is 5.97 Å². The van der Waals surface area contributed by atoms with Gasteiger partial charge in [0.05, 0.1) is 18.8 Å². The van der Waals surface area contributed by atoms with Gasteiger partial charge in [-0.05, 0) is 12.1 Å². The second-order valence-electron chi connectivity index (χ2n) is 3.30. The van der Waals surface area contributed by atoms with Gasteiger partial charge in [0, 0.05) is 7.11 Å². The van der Waals surface area contributed by atoms with E-state index in [9.17, 15) is 9.90 Å². The molecule has 1 aromatic rings. The second-order valence-corrected chi connectivity index (χ2v) is 3.30. The first-order valence-corrected chi connectivity index (χ1v) is 4.77. The Bertz CT molecular complexity index is 284. The maximum absolute atomic E-state index is 10.5. The minimum Gasteiger partial charge on any atom is -0.544 e. The van der Waals surface area contributed by atoms with Crippen molar-refractivity contribution in [1.29, 1.82) is 0 Å². The Labute approximate surface area is 88.2 Å². The highest BCUT2D eigenvalue weighted by Gasteiger charge is 2.11. The van der Waals surface area contributed by atoms with Gasteiger partial charge in [-0.25, -0.2) is 0 Å². The molecule has 0 bridgehead atoms. The summed E-state index contributed by atoms with van der Waals surface area (Å²) in [5, 5.41) is 10.5. The molecule has 1 N–H and O–H groups in total. The molecule has 0 aliphatic carbocycles. The summed E-state index contributed by atoms with van der Waals surface area (Å²) >= 11 is 0. The van der Waals surface area contributed by atoms with Gasteiger partial charge >= 0.3 is 0 Å². The summed E-state index contributed by atoms with van der Waals surface area (Å²) < 4.78 is 10.1. The van der Waals surface area contributed by atoms with Crippen molar-refractivity contribution < 1.29 is 24.0 Å². The minimum atomic E-state index is -1.06. The van der Waals surface area contributed by atoms with Crippen molar-refractivity contribution in [3.05, 3.63) is 24.2 Å². The number of hydrogen-bond acceptors (Lipinski definition) is 4. The van der Waals surface area contributed by atoms with Crippen molar-refractivity contribution in [2.75, 3.05) is 26.8 Å². The number of quaternary nitrogens is 1. The average molecular weight is 213 g/mol. The third-order valence-electron chi connectivity index (χ3n) is 2.06. The molecule has 5 nitrogen and oxygen atoms in total. The Morgan fingerprint density at radius 3 is 3.00 bits per heavy atom. The van der Waals surface area contributed by atoms with Crippen LogP contribution in [0.25, 0.3) is 0 Å². The molecule has 1 unspecified atom stereocenters. The van der Waals surface area contributed by atoms with Crippen molar-refractivity contribution in [3.63, 3.8) is 0 Å². The zero-order chi connectivity index (χ0) is 11.1. The van der Waals surface area contributed by atoms with Crippen LogP contribution in [0.1, 0.15) is 5.76 Å². The van der Waals surface area contributed by atoms with Crippen molar-refractivity contribution in [2.45, 2.75) is 6.54 Å². The summed E-state index contributed by atoms with van der Waals surface area (Å²) in [5.74, 6) is -0.296. The van der Waals surface area contributed by atoms with E-state index < -0.39 is 5.97 Å². The number of carbonyl (C=O) groups is 1. The van der Waals surface area contributed by atoms with E-state index in [0.717, 1.165) is 10.7 Å². The summed E-state index contributed by atoms with van der Waals surface area (Å²) in [6, 6.07) is 3.60. The van der Waals surface area contributed by atoms with Crippen LogP contribution in [-0.4, -0.2) is 32.8 Å². The van der Waals surface area contributed by atoms with Crippen LogP contribution in [0.5, 0.6) is 0 Å². The van der Waals surface area contributed by atoms with Crippen molar-refractivity contribution in [1.82, 2.24) is 0 Å². The number of ether oxygens (including phenoxy) is 1. The molecule has 0 saturated carbocycles. The van der Waals surface area contributed by atoms with E-state index in [4.69, 9.17) is 9.15 Å². The zero-order valence-corrected chi connectivity index (χ0v) is 8.69. The molecular weight excluding hydrogens is 198 g/mol.